The highest BCUT2D eigenvalue weighted by Crippen LogP contribution is 2.38. The molecule has 0 heterocycles. The van der Waals surface area contributed by atoms with Gasteiger partial charge in [0.2, 0.25) is 0 Å². The average Bonchev–Trinajstić information content (AvgIpc) is 2.76. The van der Waals surface area contributed by atoms with Gasteiger partial charge in [0.15, 0.2) is 0 Å². The molecule has 0 amide bonds. The van der Waals surface area contributed by atoms with Gasteiger partial charge in [-0.2, -0.15) is 0 Å². The molecule has 3 aromatic rings. The maximum Gasteiger partial charge on any atom is 0.261 e. The molecule has 2 nitrogen and oxygen atoms in total. The molecule has 0 fully saturated rings. The molecule has 3 rings (SSSR count). The van der Waals surface area contributed by atoms with Crippen LogP contribution in [0.15, 0.2) is 78.9 Å². The summed E-state index contributed by atoms with van der Waals surface area (Å²) in [6, 6.07) is 26.1. The molecule has 0 aromatic heterocycles. The molecule has 0 saturated carbocycles. The van der Waals surface area contributed by atoms with Gasteiger partial charge in [0.25, 0.3) is 8.32 Å². The first kappa shape index (κ1) is 24.2. The highest BCUT2D eigenvalue weighted by molar-refractivity contribution is 6.99. The lowest BCUT2D eigenvalue weighted by molar-refractivity contribution is 0.285. The summed E-state index contributed by atoms with van der Waals surface area (Å²) in [5.41, 5.74) is 12.1. The van der Waals surface area contributed by atoms with E-state index in [0.717, 1.165) is 0 Å². The van der Waals surface area contributed by atoms with Crippen LogP contribution in [0.4, 0.5) is 0 Å². The molecule has 0 unspecified atom stereocenters. The van der Waals surface area contributed by atoms with Gasteiger partial charge in [0, 0.05) is 6.54 Å². The Morgan fingerprint density at radius 1 is 0.875 bits per heavy atom. The van der Waals surface area contributed by atoms with E-state index in [0.29, 0.717) is 13.2 Å². The van der Waals surface area contributed by atoms with Crippen LogP contribution in [-0.4, -0.2) is 14.9 Å². The molecular weight excluding hydrogens is 406 g/mol. The predicted molar refractivity (Wildman–Crippen MR) is 141 cm³/mol. The van der Waals surface area contributed by atoms with Gasteiger partial charge in [-0.05, 0) is 64.0 Å². The second-order valence-electron chi connectivity index (χ2n) is 9.61. The second-order valence-corrected chi connectivity index (χ2v) is 13.9. The minimum atomic E-state index is -2.57. The van der Waals surface area contributed by atoms with Gasteiger partial charge in [-0.15, -0.1) is 0 Å². The van der Waals surface area contributed by atoms with E-state index in [-0.39, 0.29) is 5.04 Å². The van der Waals surface area contributed by atoms with Gasteiger partial charge >= 0.3 is 0 Å². The molecule has 0 radical (unpaired) electrons. The number of rotatable bonds is 7. The molecule has 0 aliphatic rings. The number of hydrogen-bond acceptors (Lipinski definition) is 2. The molecule has 0 saturated heterocycles. The molecule has 3 heteroatoms. The second kappa shape index (κ2) is 9.99. The lowest BCUT2D eigenvalue weighted by atomic mass is 9.94. The number of allylic oxidation sites excluding steroid dienone is 1. The topological polar surface area (TPSA) is 35.2 Å². The van der Waals surface area contributed by atoms with Crippen LogP contribution in [0.1, 0.15) is 49.9 Å². The molecule has 0 aliphatic heterocycles. The first-order valence-electron chi connectivity index (χ1n) is 11.4. The third-order valence-electron chi connectivity index (χ3n) is 6.53. The van der Waals surface area contributed by atoms with Crippen LogP contribution >= 0.6 is 0 Å². The van der Waals surface area contributed by atoms with Crippen molar-refractivity contribution in [1.82, 2.24) is 0 Å². The Morgan fingerprint density at radius 3 is 1.88 bits per heavy atom. The molecule has 32 heavy (non-hydrogen) atoms. The Bertz CT molecular complexity index is 1030. The normalized spacial score (nSPS) is 12.8. The summed E-state index contributed by atoms with van der Waals surface area (Å²) in [5.74, 6) is 0. The fourth-order valence-electron chi connectivity index (χ4n) is 4.77. The van der Waals surface area contributed by atoms with Crippen LogP contribution in [0, 0.1) is 13.8 Å². The van der Waals surface area contributed by atoms with Crippen molar-refractivity contribution in [1.29, 1.82) is 0 Å². The molecular formula is C29H37NOSi. The zero-order chi connectivity index (χ0) is 23.4. The van der Waals surface area contributed by atoms with Crippen LogP contribution in [-0.2, 0) is 11.0 Å². The van der Waals surface area contributed by atoms with E-state index in [1.165, 1.54) is 38.2 Å². The van der Waals surface area contributed by atoms with E-state index in [9.17, 15) is 0 Å². The Morgan fingerprint density at radius 2 is 1.41 bits per heavy atom. The first-order chi connectivity index (χ1) is 15.2. The Hall–Kier alpha value is -2.46. The van der Waals surface area contributed by atoms with E-state index in [1.54, 1.807) is 0 Å². The molecule has 0 aliphatic carbocycles. The van der Waals surface area contributed by atoms with Gasteiger partial charge in [-0.3, -0.25) is 0 Å². The quantitative estimate of drug-likeness (QED) is 0.472. The Kier molecular flexibility index (Phi) is 7.55. The highest BCUT2D eigenvalue weighted by Gasteiger charge is 2.50. The van der Waals surface area contributed by atoms with Crippen LogP contribution in [0.3, 0.4) is 0 Å². The largest absolute Gasteiger partial charge is 0.403 e. The number of benzene rings is 3. The van der Waals surface area contributed by atoms with E-state index in [1.807, 2.05) is 0 Å². The number of hydrogen-bond donors (Lipinski definition) is 1. The van der Waals surface area contributed by atoms with E-state index < -0.39 is 8.32 Å². The standard InChI is InChI=1S/C29H37NOSi/c1-22-17-18-27(23(2)19-20-30)24(3)28(22)21-31-32(29(4,5)6,25-13-9-7-10-14-25)26-15-11-8-12-16-26/h7-19H,20-21,30H2,1-6H3/b23-19+. The van der Waals surface area contributed by atoms with E-state index in [2.05, 4.69) is 120 Å². The van der Waals surface area contributed by atoms with Gasteiger partial charge in [0.1, 0.15) is 0 Å². The van der Waals surface area contributed by atoms with Crippen molar-refractivity contribution in [2.75, 3.05) is 6.54 Å². The van der Waals surface area contributed by atoms with Gasteiger partial charge in [0.05, 0.1) is 6.61 Å². The summed E-state index contributed by atoms with van der Waals surface area (Å²) in [4.78, 5) is 0. The lowest BCUT2D eigenvalue weighted by Gasteiger charge is -2.43. The van der Waals surface area contributed by atoms with Crippen LogP contribution in [0.5, 0.6) is 0 Å². The van der Waals surface area contributed by atoms with Crippen molar-refractivity contribution in [2.45, 2.75) is 53.2 Å². The number of nitrogens with two attached hydrogens (primary N) is 1. The first-order valence-corrected chi connectivity index (χ1v) is 13.3. The molecule has 0 bridgehead atoms. The summed E-state index contributed by atoms with van der Waals surface area (Å²) >= 11 is 0. The fraction of sp³-hybridized carbons (Fsp3) is 0.310. The zero-order valence-electron chi connectivity index (χ0n) is 20.4. The summed E-state index contributed by atoms with van der Waals surface area (Å²) in [5, 5.41) is 2.58. The van der Waals surface area contributed by atoms with E-state index in [4.69, 9.17) is 10.2 Å². The summed E-state index contributed by atoms with van der Waals surface area (Å²) in [6.07, 6.45) is 2.09. The third-order valence-corrected chi connectivity index (χ3v) is 11.5. The van der Waals surface area contributed by atoms with Gasteiger partial charge in [-0.1, -0.05) is 99.6 Å². The highest BCUT2D eigenvalue weighted by atomic mass is 28.4. The monoisotopic (exact) mass is 443 g/mol. The van der Waals surface area contributed by atoms with Crippen molar-refractivity contribution >= 4 is 24.3 Å². The van der Waals surface area contributed by atoms with Crippen LogP contribution < -0.4 is 16.1 Å². The SMILES string of the molecule is C/C(=C\CN)c1ccc(C)c(CO[Si](c2ccccc2)(c2ccccc2)C(C)(C)C)c1C. The average molecular weight is 444 g/mol. The molecule has 0 atom stereocenters. The van der Waals surface area contributed by atoms with Crippen LogP contribution in [0.2, 0.25) is 5.04 Å². The van der Waals surface area contributed by atoms with Crippen LogP contribution in [0.25, 0.3) is 5.57 Å². The van der Waals surface area contributed by atoms with Crippen molar-refractivity contribution in [3.05, 3.63) is 101 Å². The zero-order valence-corrected chi connectivity index (χ0v) is 21.4. The molecule has 0 spiro atoms. The van der Waals surface area contributed by atoms with Crippen molar-refractivity contribution in [3.63, 3.8) is 0 Å². The number of aryl methyl sites for hydroxylation is 1. The van der Waals surface area contributed by atoms with Gasteiger partial charge in [-0.25, -0.2) is 0 Å². The maximum absolute atomic E-state index is 7.20. The molecule has 3 aromatic carbocycles. The lowest BCUT2D eigenvalue weighted by Crippen LogP contribution is -2.66. The van der Waals surface area contributed by atoms with Crippen molar-refractivity contribution in [2.24, 2.45) is 5.73 Å². The summed E-state index contributed by atoms with van der Waals surface area (Å²) in [6.45, 7) is 14.6. The van der Waals surface area contributed by atoms with Gasteiger partial charge < -0.3 is 10.2 Å². The Labute approximate surface area is 195 Å². The third kappa shape index (κ3) is 4.66. The van der Waals surface area contributed by atoms with Crippen molar-refractivity contribution < 1.29 is 4.43 Å². The van der Waals surface area contributed by atoms with E-state index >= 15 is 0 Å². The molecule has 168 valence electrons. The fourth-order valence-corrected chi connectivity index (χ4v) is 9.29. The minimum Gasteiger partial charge on any atom is -0.403 e. The minimum absolute atomic E-state index is 0.0372. The predicted octanol–water partition coefficient (Wildman–Crippen LogP) is 5.74. The smallest absolute Gasteiger partial charge is 0.261 e. The summed E-state index contributed by atoms with van der Waals surface area (Å²) in [7, 11) is -2.57. The maximum atomic E-state index is 7.20. The Balaban J connectivity index is 2.14. The summed E-state index contributed by atoms with van der Waals surface area (Å²) < 4.78 is 7.20. The molecule has 2 N–H and O–H groups in total. The van der Waals surface area contributed by atoms with Crippen molar-refractivity contribution in [3.8, 4) is 0 Å².